The molecule has 1 saturated carbocycles. The van der Waals surface area contributed by atoms with Crippen LogP contribution in [0, 0.1) is 0 Å². The molecule has 0 radical (unpaired) electrons. The van der Waals surface area contributed by atoms with E-state index in [1.54, 1.807) is 36.4 Å². The summed E-state index contributed by atoms with van der Waals surface area (Å²) in [4.78, 5) is 12.7. The maximum Gasteiger partial charge on any atom is 0.263 e. The second-order valence-corrected chi connectivity index (χ2v) is 9.23. The Morgan fingerprint density at radius 2 is 1.71 bits per heavy atom. The van der Waals surface area contributed by atoms with Gasteiger partial charge in [-0.05, 0) is 30.5 Å². The SMILES string of the molecule is O=C(NC1CCCC1)C1CN(S(=O)(=O)Cc2ccccc2)c2ccccc2O1. The van der Waals surface area contributed by atoms with Crippen LogP contribution in [0.5, 0.6) is 5.75 Å². The van der Waals surface area contributed by atoms with E-state index in [2.05, 4.69) is 5.32 Å². The van der Waals surface area contributed by atoms with Crippen molar-refractivity contribution in [2.45, 2.75) is 43.6 Å². The van der Waals surface area contributed by atoms with Crippen LogP contribution < -0.4 is 14.4 Å². The summed E-state index contributed by atoms with van der Waals surface area (Å²) < 4.78 is 33.5. The molecule has 2 aromatic rings. The average molecular weight is 401 g/mol. The predicted molar refractivity (Wildman–Crippen MR) is 108 cm³/mol. The summed E-state index contributed by atoms with van der Waals surface area (Å²) in [5, 5.41) is 3.02. The Kier molecular flexibility index (Phi) is 5.26. The van der Waals surface area contributed by atoms with Gasteiger partial charge in [0.1, 0.15) is 5.75 Å². The van der Waals surface area contributed by atoms with E-state index in [9.17, 15) is 13.2 Å². The van der Waals surface area contributed by atoms with Crippen LogP contribution in [-0.2, 0) is 20.6 Å². The molecule has 7 heteroatoms. The van der Waals surface area contributed by atoms with Crippen molar-refractivity contribution in [3.63, 3.8) is 0 Å². The maximum absolute atomic E-state index is 13.2. The summed E-state index contributed by atoms with van der Waals surface area (Å²) in [7, 11) is -3.67. The fourth-order valence-corrected chi connectivity index (χ4v) is 5.41. The highest BCUT2D eigenvalue weighted by atomic mass is 32.2. The van der Waals surface area contributed by atoms with Gasteiger partial charge >= 0.3 is 0 Å². The van der Waals surface area contributed by atoms with Crippen molar-refractivity contribution >= 4 is 21.6 Å². The third-order valence-corrected chi connectivity index (χ3v) is 6.97. The first-order valence-electron chi connectivity index (χ1n) is 9.63. The molecule has 1 atom stereocenters. The molecule has 0 saturated heterocycles. The van der Waals surface area contributed by atoms with Gasteiger partial charge in [0.05, 0.1) is 18.0 Å². The molecule has 148 valence electrons. The molecule has 0 spiro atoms. The first-order chi connectivity index (χ1) is 13.5. The predicted octanol–water partition coefficient (Wildman–Crippen LogP) is 2.84. The van der Waals surface area contributed by atoms with Crippen molar-refractivity contribution in [2.24, 2.45) is 0 Å². The van der Waals surface area contributed by atoms with Gasteiger partial charge in [0.2, 0.25) is 10.0 Å². The standard InChI is InChI=1S/C21H24N2O4S/c24-21(22-17-10-4-5-11-17)20-14-23(18-12-6-7-13-19(18)27-20)28(25,26)15-16-8-2-1-3-9-16/h1-3,6-9,12-13,17,20H,4-5,10-11,14-15H2,(H,22,24). The van der Waals surface area contributed by atoms with E-state index in [4.69, 9.17) is 4.74 Å². The quantitative estimate of drug-likeness (QED) is 0.837. The summed E-state index contributed by atoms with van der Waals surface area (Å²) in [6.07, 6.45) is 3.28. The summed E-state index contributed by atoms with van der Waals surface area (Å²) in [6, 6.07) is 16.2. The van der Waals surface area contributed by atoms with Gasteiger partial charge in [-0.25, -0.2) is 8.42 Å². The number of para-hydroxylation sites is 2. The van der Waals surface area contributed by atoms with Crippen molar-refractivity contribution in [3.05, 3.63) is 60.2 Å². The first kappa shape index (κ1) is 18.8. The number of nitrogens with zero attached hydrogens (tertiary/aromatic N) is 1. The minimum absolute atomic E-state index is 0.0231. The van der Waals surface area contributed by atoms with Crippen LogP contribution in [0.3, 0.4) is 0 Å². The van der Waals surface area contributed by atoms with Crippen molar-refractivity contribution in [2.75, 3.05) is 10.8 Å². The molecular weight excluding hydrogens is 376 g/mol. The Labute approximate surface area is 165 Å². The molecule has 2 aliphatic rings. The molecule has 0 aromatic heterocycles. The minimum atomic E-state index is -3.67. The van der Waals surface area contributed by atoms with Crippen LogP contribution in [0.1, 0.15) is 31.2 Å². The maximum atomic E-state index is 13.2. The van der Waals surface area contributed by atoms with Gasteiger partial charge in [0.15, 0.2) is 6.10 Å². The van der Waals surface area contributed by atoms with E-state index in [1.165, 1.54) is 4.31 Å². The smallest absolute Gasteiger partial charge is 0.263 e. The number of sulfonamides is 1. The number of nitrogens with one attached hydrogen (secondary N) is 1. The van der Waals surface area contributed by atoms with Crippen LogP contribution >= 0.6 is 0 Å². The molecule has 1 aliphatic heterocycles. The van der Waals surface area contributed by atoms with Gasteiger partial charge in [-0.3, -0.25) is 9.10 Å². The lowest BCUT2D eigenvalue weighted by atomic mass is 10.2. The number of ether oxygens (including phenoxy) is 1. The van der Waals surface area contributed by atoms with Crippen LogP contribution in [0.15, 0.2) is 54.6 Å². The molecule has 0 bridgehead atoms. The number of rotatable bonds is 5. The zero-order valence-corrected chi connectivity index (χ0v) is 16.4. The van der Waals surface area contributed by atoms with Gasteiger partial charge in [-0.15, -0.1) is 0 Å². The highest BCUT2D eigenvalue weighted by molar-refractivity contribution is 7.92. The van der Waals surface area contributed by atoms with Crippen molar-refractivity contribution in [1.82, 2.24) is 5.32 Å². The highest BCUT2D eigenvalue weighted by Gasteiger charge is 2.37. The van der Waals surface area contributed by atoms with E-state index in [0.29, 0.717) is 17.0 Å². The molecule has 1 N–H and O–H groups in total. The number of anilines is 1. The average Bonchev–Trinajstić information content (AvgIpc) is 3.20. The van der Waals surface area contributed by atoms with Gasteiger partial charge in [-0.2, -0.15) is 0 Å². The molecule has 1 heterocycles. The lowest BCUT2D eigenvalue weighted by Crippen LogP contribution is -2.52. The Hall–Kier alpha value is -2.54. The Morgan fingerprint density at radius 3 is 2.46 bits per heavy atom. The first-order valence-corrected chi connectivity index (χ1v) is 11.2. The minimum Gasteiger partial charge on any atom is -0.476 e. The zero-order valence-electron chi connectivity index (χ0n) is 15.6. The Morgan fingerprint density at radius 1 is 1.04 bits per heavy atom. The zero-order chi connectivity index (χ0) is 19.6. The molecule has 1 amide bonds. The molecule has 1 unspecified atom stereocenters. The monoisotopic (exact) mass is 400 g/mol. The number of amides is 1. The van der Waals surface area contributed by atoms with E-state index in [1.807, 2.05) is 18.2 Å². The fraction of sp³-hybridized carbons (Fsp3) is 0.381. The number of benzene rings is 2. The molecule has 1 aliphatic carbocycles. The topological polar surface area (TPSA) is 75.7 Å². The molecular formula is C21H24N2O4S. The molecule has 6 nitrogen and oxygen atoms in total. The third kappa shape index (κ3) is 3.99. The third-order valence-electron chi connectivity index (χ3n) is 5.26. The second-order valence-electron chi connectivity index (χ2n) is 7.34. The lowest BCUT2D eigenvalue weighted by molar-refractivity contribution is -0.128. The van der Waals surface area contributed by atoms with Crippen LogP contribution in [-0.4, -0.2) is 33.0 Å². The van der Waals surface area contributed by atoms with Crippen LogP contribution in [0.2, 0.25) is 0 Å². The van der Waals surface area contributed by atoms with E-state index < -0.39 is 16.1 Å². The number of carbonyl (C=O) groups excluding carboxylic acids is 1. The molecule has 2 aromatic carbocycles. The van der Waals surface area contributed by atoms with Gasteiger partial charge < -0.3 is 10.1 Å². The summed E-state index contributed by atoms with van der Waals surface area (Å²) in [5.74, 6) is 0.0392. The normalized spacial score (nSPS) is 19.7. The number of hydrogen-bond acceptors (Lipinski definition) is 4. The largest absolute Gasteiger partial charge is 0.476 e. The van der Waals surface area contributed by atoms with E-state index >= 15 is 0 Å². The second kappa shape index (κ2) is 7.83. The summed E-state index contributed by atoms with van der Waals surface area (Å²) in [5.41, 5.74) is 1.18. The number of carbonyl (C=O) groups is 1. The lowest BCUT2D eigenvalue weighted by Gasteiger charge is -2.35. The van der Waals surface area contributed by atoms with Gasteiger partial charge in [0, 0.05) is 6.04 Å². The number of fused-ring (bicyclic) bond motifs is 1. The Bertz CT molecular complexity index is 940. The van der Waals surface area contributed by atoms with Crippen LogP contribution in [0.4, 0.5) is 5.69 Å². The van der Waals surface area contributed by atoms with Gasteiger partial charge in [-0.1, -0.05) is 55.3 Å². The molecule has 4 rings (SSSR count). The van der Waals surface area contributed by atoms with Crippen molar-refractivity contribution in [1.29, 1.82) is 0 Å². The Balaban J connectivity index is 1.59. The van der Waals surface area contributed by atoms with Crippen molar-refractivity contribution < 1.29 is 17.9 Å². The fourth-order valence-electron chi connectivity index (χ4n) is 3.83. The van der Waals surface area contributed by atoms with Crippen molar-refractivity contribution in [3.8, 4) is 5.75 Å². The molecule has 1 fully saturated rings. The van der Waals surface area contributed by atoms with E-state index in [-0.39, 0.29) is 24.2 Å². The number of hydrogen-bond donors (Lipinski definition) is 1. The summed E-state index contributed by atoms with van der Waals surface area (Å²) in [6.45, 7) is -0.0231. The molecule has 28 heavy (non-hydrogen) atoms. The van der Waals surface area contributed by atoms with Gasteiger partial charge in [0.25, 0.3) is 5.91 Å². The van der Waals surface area contributed by atoms with E-state index in [0.717, 1.165) is 25.7 Å². The highest BCUT2D eigenvalue weighted by Crippen LogP contribution is 2.36. The summed E-state index contributed by atoms with van der Waals surface area (Å²) >= 11 is 0. The van der Waals surface area contributed by atoms with Crippen LogP contribution in [0.25, 0.3) is 0 Å².